The first kappa shape index (κ1) is 11.2. The van der Waals surface area contributed by atoms with Crippen molar-refractivity contribution in [1.29, 1.82) is 0 Å². The Morgan fingerprint density at radius 3 is 2.43 bits per heavy atom. The van der Waals surface area contributed by atoms with Crippen molar-refractivity contribution in [1.82, 2.24) is 4.90 Å². The summed E-state index contributed by atoms with van der Waals surface area (Å²) in [5.41, 5.74) is 0. The predicted octanol–water partition coefficient (Wildman–Crippen LogP) is 0.398. The molecule has 0 aromatic carbocycles. The quantitative estimate of drug-likeness (QED) is 0.669. The van der Waals surface area contributed by atoms with Crippen LogP contribution in [0.2, 0.25) is 0 Å². The van der Waals surface area contributed by atoms with Gasteiger partial charge in [-0.15, -0.1) is 0 Å². The minimum absolute atomic E-state index is 0.156. The van der Waals surface area contributed by atoms with E-state index in [9.17, 15) is 14.7 Å². The summed E-state index contributed by atoms with van der Waals surface area (Å²) in [6.45, 7) is 3.96. The van der Waals surface area contributed by atoms with Crippen LogP contribution in [0.3, 0.4) is 0 Å². The minimum atomic E-state index is -0.684. The van der Waals surface area contributed by atoms with Crippen LogP contribution in [0.25, 0.3) is 0 Å². The first-order valence-electron chi connectivity index (χ1n) is 4.92. The van der Waals surface area contributed by atoms with Gasteiger partial charge in [-0.1, -0.05) is 13.8 Å². The van der Waals surface area contributed by atoms with Crippen molar-refractivity contribution in [3.8, 4) is 0 Å². The zero-order valence-corrected chi connectivity index (χ0v) is 8.86. The molecule has 2 atom stereocenters. The van der Waals surface area contributed by atoms with E-state index in [-0.39, 0.29) is 18.2 Å². The summed E-state index contributed by atoms with van der Waals surface area (Å²) in [7, 11) is 1.47. The lowest BCUT2D eigenvalue weighted by Crippen LogP contribution is -2.31. The van der Waals surface area contributed by atoms with Crippen molar-refractivity contribution >= 4 is 11.8 Å². The zero-order chi connectivity index (χ0) is 10.9. The number of carbonyl (C=O) groups is 2. The number of carbonyl (C=O) groups excluding carboxylic acids is 2. The molecule has 0 saturated carbocycles. The summed E-state index contributed by atoms with van der Waals surface area (Å²) in [5, 5.41) is 9.73. The first-order valence-corrected chi connectivity index (χ1v) is 4.92. The predicted molar refractivity (Wildman–Crippen MR) is 51.3 cm³/mol. The molecule has 4 heteroatoms. The number of aliphatic hydroxyl groups excluding tert-OH is 1. The van der Waals surface area contributed by atoms with Crippen LogP contribution in [0.15, 0.2) is 0 Å². The van der Waals surface area contributed by atoms with Crippen LogP contribution in [0.1, 0.15) is 26.7 Å². The van der Waals surface area contributed by atoms with Crippen LogP contribution < -0.4 is 0 Å². The second-order valence-electron chi connectivity index (χ2n) is 4.30. The van der Waals surface area contributed by atoms with E-state index in [1.807, 2.05) is 13.8 Å². The average Bonchev–Trinajstić information content (AvgIpc) is 2.32. The molecule has 0 spiro atoms. The number of imide groups is 1. The number of nitrogens with zero attached hydrogens (tertiary/aromatic N) is 1. The molecule has 1 heterocycles. The van der Waals surface area contributed by atoms with Gasteiger partial charge < -0.3 is 5.11 Å². The number of likely N-dealkylation sites (tertiary alicyclic amines) is 1. The van der Waals surface area contributed by atoms with Gasteiger partial charge in [0, 0.05) is 13.5 Å². The van der Waals surface area contributed by atoms with E-state index in [0.29, 0.717) is 12.3 Å². The van der Waals surface area contributed by atoms with E-state index < -0.39 is 12.0 Å². The zero-order valence-electron chi connectivity index (χ0n) is 8.86. The van der Waals surface area contributed by atoms with Crippen LogP contribution in [-0.2, 0) is 9.59 Å². The Kier molecular flexibility index (Phi) is 3.26. The molecule has 80 valence electrons. The summed E-state index contributed by atoms with van der Waals surface area (Å²) in [4.78, 5) is 23.8. The van der Waals surface area contributed by atoms with E-state index in [4.69, 9.17) is 0 Å². The number of hydrogen-bond donors (Lipinski definition) is 1. The van der Waals surface area contributed by atoms with E-state index in [1.54, 1.807) is 0 Å². The number of amides is 2. The molecule has 0 aromatic heterocycles. The molecule has 1 saturated heterocycles. The maximum atomic E-state index is 11.5. The lowest BCUT2D eigenvalue weighted by molar-refractivity contribution is -0.138. The van der Waals surface area contributed by atoms with Crippen molar-refractivity contribution in [3.05, 3.63) is 0 Å². The highest BCUT2D eigenvalue weighted by atomic mass is 16.3. The molecular weight excluding hydrogens is 182 g/mol. The van der Waals surface area contributed by atoms with Crippen molar-refractivity contribution in [3.63, 3.8) is 0 Å². The summed E-state index contributed by atoms with van der Waals surface area (Å²) in [5.74, 6) is -0.625. The van der Waals surface area contributed by atoms with E-state index in [1.165, 1.54) is 7.05 Å². The third-order valence-electron chi connectivity index (χ3n) is 2.59. The molecule has 2 amide bonds. The van der Waals surface area contributed by atoms with Crippen LogP contribution >= 0.6 is 0 Å². The Morgan fingerprint density at radius 1 is 1.50 bits per heavy atom. The van der Waals surface area contributed by atoms with Crippen LogP contribution in [0.5, 0.6) is 0 Å². The molecule has 0 bridgehead atoms. The Balaban J connectivity index is 2.62. The van der Waals surface area contributed by atoms with E-state index in [2.05, 4.69) is 0 Å². The van der Waals surface area contributed by atoms with Gasteiger partial charge in [0.25, 0.3) is 0 Å². The fourth-order valence-corrected chi connectivity index (χ4v) is 1.73. The molecule has 14 heavy (non-hydrogen) atoms. The highest BCUT2D eigenvalue weighted by molar-refractivity contribution is 6.03. The molecule has 1 fully saturated rings. The van der Waals surface area contributed by atoms with E-state index >= 15 is 0 Å². The van der Waals surface area contributed by atoms with Gasteiger partial charge in [0.15, 0.2) is 0 Å². The Bertz CT molecular complexity index is 250. The fourth-order valence-electron chi connectivity index (χ4n) is 1.73. The number of rotatable bonds is 3. The molecule has 1 rings (SSSR count). The molecule has 0 aromatic rings. The van der Waals surface area contributed by atoms with Gasteiger partial charge in [-0.25, -0.2) is 0 Å². The first-order chi connectivity index (χ1) is 6.43. The third-order valence-corrected chi connectivity index (χ3v) is 2.59. The number of aliphatic hydroxyl groups is 1. The molecular formula is C10H17NO3. The highest BCUT2D eigenvalue weighted by Gasteiger charge is 2.40. The monoisotopic (exact) mass is 199 g/mol. The molecule has 2 unspecified atom stereocenters. The second kappa shape index (κ2) is 4.09. The third kappa shape index (κ3) is 2.12. The van der Waals surface area contributed by atoms with Crippen LogP contribution in [0.4, 0.5) is 0 Å². The maximum Gasteiger partial charge on any atom is 0.235 e. The molecule has 0 radical (unpaired) electrons. The average molecular weight is 199 g/mol. The largest absolute Gasteiger partial charge is 0.392 e. The van der Waals surface area contributed by atoms with Crippen LogP contribution in [-0.4, -0.2) is 35.0 Å². The van der Waals surface area contributed by atoms with Gasteiger partial charge in [-0.05, 0) is 12.3 Å². The van der Waals surface area contributed by atoms with Crippen molar-refractivity contribution in [2.24, 2.45) is 11.8 Å². The normalized spacial score (nSPS) is 24.9. The topological polar surface area (TPSA) is 57.6 Å². The van der Waals surface area contributed by atoms with Gasteiger partial charge in [-0.3, -0.25) is 14.5 Å². The highest BCUT2D eigenvalue weighted by Crippen LogP contribution is 2.24. The van der Waals surface area contributed by atoms with Crippen molar-refractivity contribution in [2.45, 2.75) is 32.8 Å². The molecule has 4 nitrogen and oxygen atoms in total. The summed E-state index contributed by atoms with van der Waals surface area (Å²) in [6.07, 6.45) is 0.0391. The summed E-state index contributed by atoms with van der Waals surface area (Å²) in [6, 6.07) is 0. The van der Waals surface area contributed by atoms with Crippen molar-refractivity contribution in [2.75, 3.05) is 7.05 Å². The lowest BCUT2D eigenvalue weighted by atomic mass is 9.93. The van der Waals surface area contributed by atoms with Crippen LogP contribution in [0, 0.1) is 11.8 Å². The van der Waals surface area contributed by atoms with Gasteiger partial charge in [0.05, 0.1) is 12.0 Å². The lowest BCUT2D eigenvalue weighted by Gasteiger charge is -2.17. The minimum Gasteiger partial charge on any atom is -0.392 e. The SMILES string of the molecule is CC(C)CC(O)C1CC(=O)N(C)C1=O. The molecule has 1 N–H and O–H groups in total. The van der Waals surface area contributed by atoms with Gasteiger partial charge >= 0.3 is 0 Å². The van der Waals surface area contributed by atoms with Crippen molar-refractivity contribution < 1.29 is 14.7 Å². The van der Waals surface area contributed by atoms with E-state index in [0.717, 1.165) is 4.90 Å². The number of hydrogen-bond acceptors (Lipinski definition) is 3. The van der Waals surface area contributed by atoms with Gasteiger partial charge in [-0.2, -0.15) is 0 Å². The Morgan fingerprint density at radius 2 is 2.07 bits per heavy atom. The molecule has 1 aliphatic rings. The fraction of sp³-hybridized carbons (Fsp3) is 0.800. The molecule has 1 aliphatic heterocycles. The van der Waals surface area contributed by atoms with Gasteiger partial charge in [0.1, 0.15) is 0 Å². The second-order valence-corrected chi connectivity index (χ2v) is 4.30. The summed E-state index contributed by atoms with van der Waals surface area (Å²) >= 11 is 0. The Labute approximate surface area is 83.9 Å². The maximum absolute atomic E-state index is 11.5. The molecule has 0 aliphatic carbocycles. The smallest absolute Gasteiger partial charge is 0.235 e. The Hall–Kier alpha value is -0.900. The van der Waals surface area contributed by atoms with Gasteiger partial charge in [0.2, 0.25) is 11.8 Å². The standard InChI is InChI=1S/C10H17NO3/c1-6(2)4-8(12)7-5-9(13)11(3)10(7)14/h6-8,12H,4-5H2,1-3H3. The summed E-state index contributed by atoms with van der Waals surface area (Å²) < 4.78 is 0.